The van der Waals surface area contributed by atoms with Crippen molar-refractivity contribution in [3.8, 4) is 11.1 Å². The van der Waals surface area contributed by atoms with Gasteiger partial charge in [0.25, 0.3) is 5.91 Å². The van der Waals surface area contributed by atoms with Crippen molar-refractivity contribution < 1.29 is 19.4 Å². The summed E-state index contributed by atoms with van der Waals surface area (Å²) < 4.78 is 5.54. The number of aliphatic carboxylic acids is 1. The van der Waals surface area contributed by atoms with Crippen molar-refractivity contribution in [1.82, 2.24) is 5.32 Å². The topological polar surface area (TPSA) is 75.6 Å². The van der Waals surface area contributed by atoms with Gasteiger partial charge in [-0.1, -0.05) is 41.4 Å². The van der Waals surface area contributed by atoms with Crippen molar-refractivity contribution >= 4 is 46.4 Å². The van der Waals surface area contributed by atoms with E-state index in [0.29, 0.717) is 10.6 Å². The Morgan fingerprint density at radius 2 is 1.91 bits per heavy atom. The standard InChI is InChI=1S/C24H23Cl2NO4S/c1-14(2)31-22(24(29)30)10-15-3-5-19(16-7-8-32-13-16)17(9-15)12-27-23(28)20-6-4-18(25)11-21(20)26/h3-9,11,13-14,22H,10,12H2,1-2H3,(H,27,28)(H,29,30). The fraction of sp³-hybridized carbons (Fsp3) is 0.250. The monoisotopic (exact) mass is 491 g/mol. The Kier molecular flexibility index (Phi) is 8.32. The number of hydrogen-bond donors (Lipinski definition) is 2. The van der Waals surface area contributed by atoms with E-state index in [4.69, 9.17) is 27.9 Å². The third-order valence-corrected chi connectivity index (χ3v) is 5.98. The zero-order valence-corrected chi connectivity index (χ0v) is 19.9. The average Bonchev–Trinajstić information content (AvgIpc) is 3.26. The number of halogens is 2. The number of benzene rings is 2. The van der Waals surface area contributed by atoms with Gasteiger partial charge in [-0.25, -0.2) is 4.79 Å². The molecule has 32 heavy (non-hydrogen) atoms. The summed E-state index contributed by atoms with van der Waals surface area (Å²) in [5.41, 5.74) is 4.01. The minimum Gasteiger partial charge on any atom is -0.479 e. The number of ether oxygens (including phenoxy) is 1. The van der Waals surface area contributed by atoms with Gasteiger partial charge in [-0.15, -0.1) is 0 Å². The lowest BCUT2D eigenvalue weighted by atomic mass is 9.97. The van der Waals surface area contributed by atoms with Crippen molar-refractivity contribution in [1.29, 1.82) is 0 Å². The second-order valence-corrected chi connectivity index (χ2v) is 9.15. The highest BCUT2D eigenvalue weighted by Crippen LogP contribution is 2.28. The summed E-state index contributed by atoms with van der Waals surface area (Å²) in [6.45, 7) is 3.86. The molecule has 2 N–H and O–H groups in total. The number of hydrogen-bond acceptors (Lipinski definition) is 4. The summed E-state index contributed by atoms with van der Waals surface area (Å²) in [7, 11) is 0. The zero-order valence-electron chi connectivity index (χ0n) is 17.6. The van der Waals surface area contributed by atoms with Gasteiger partial charge in [0.15, 0.2) is 6.10 Å². The van der Waals surface area contributed by atoms with Crippen LogP contribution in [0.5, 0.6) is 0 Å². The maximum Gasteiger partial charge on any atom is 0.333 e. The molecular formula is C24H23Cl2NO4S. The summed E-state index contributed by atoms with van der Waals surface area (Å²) in [6, 6.07) is 12.5. The Morgan fingerprint density at radius 3 is 2.53 bits per heavy atom. The van der Waals surface area contributed by atoms with Crippen LogP contribution in [0.3, 0.4) is 0 Å². The number of carbonyl (C=O) groups excluding carboxylic acids is 1. The average molecular weight is 492 g/mol. The maximum absolute atomic E-state index is 12.7. The van der Waals surface area contributed by atoms with E-state index >= 15 is 0 Å². The Balaban J connectivity index is 1.85. The van der Waals surface area contributed by atoms with Gasteiger partial charge in [-0.3, -0.25) is 4.79 Å². The number of amides is 1. The Labute approximate surface area is 200 Å². The first kappa shape index (κ1) is 24.3. The van der Waals surface area contributed by atoms with Gasteiger partial charge >= 0.3 is 5.97 Å². The van der Waals surface area contributed by atoms with Crippen LogP contribution in [0.1, 0.15) is 35.3 Å². The molecule has 0 aliphatic rings. The van der Waals surface area contributed by atoms with Gasteiger partial charge in [0.05, 0.1) is 16.7 Å². The highest BCUT2D eigenvalue weighted by atomic mass is 35.5. The lowest BCUT2D eigenvalue weighted by molar-refractivity contribution is -0.153. The van der Waals surface area contributed by atoms with Crippen LogP contribution in [0.4, 0.5) is 0 Å². The van der Waals surface area contributed by atoms with Gasteiger partial charge < -0.3 is 15.2 Å². The fourth-order valence-corrected chi connectivity index (χ4v) is 4.45. The van der Waals surface area contributed by atoms with Crippen LogP contribution in [0.15, 0.2) is 53.2 Å². The SMILES string of the molecule is CC(C)OC(Cc1ccc(-c2ccsc2)c(CNC(=O)c2ccc(Cl)cc2Cl)c1)C(=O)O. The van der Waals surface area contributed by atoms with E-state index in [1.807, 2.05) is 35.0 Å². The van der Waals surface area contributed by atoms with Gasteiger partial charge in [0, 0.05) is 18.0 Å². The molecule has 0 bridgehead atoms. The molecule has 1 aromatic heterocycles. The van der Waals surface area contributed by atoms with Gasteiger partial charge in [-0.2, -0.15) is 11.3 Å². The molecule has 3 aromatic rings. The first-order valence-corrected chi connectivity index (χ1v) is 11.7. The van der Waals surface area contributed by atoms with Crippen LogP contribution in [-0.2, 0) is 22.5 Å². The van der Waals surface area contributed by atoms with Crippen LogP contribution in [0.2, 0.25) is 10.0 Å². The number of rotatable bonds is 9. The molecule has 8 heteroatoms. The molecule has 0 fully saturated rings. The molecule has 0 radical (unpaired) electrons. The van der Waals surface area contributed by atoms with Gasteiger partial charge in [0.1, 0.15) is 0 Å². The normalized spacial score (nSPS) is 12.0. The lowest BCUT2D eigenvalue weighted by Crippen LogP contribution is -2.29. The summed E-state index contributed by atoms with van der Waals surface area (Å²) >= 11 is 13.7. The molecule has 1 atom stereocenters. The maximum atomic E-state index is 12.7. The van der Waals surface area contributed by atoms with E-state index in [1.54, 1.807) is 37.3 Å². The Bertz CT molecular complexity index is 1100. The quantitative estimate of drug-likeness (QED) is 0.380. The molecule has 0 aliphatic carbocycles. The number of carboxylic acids is 1. The lowest BCUT2D eigenvalue weighted by Gasteiger charge is -2.18. The Morgan fingerprint density at radius 1 is 1.12 bits per heavy atom. The number of carboxylic acid groups (broad SMARTS) is 1. The van der Waals surface area contributed by atoms with E-state index < -0.39 is 12.1 Å². The molecule has 5 nitrogen and oxygen atoms in total. The van der Waals surface area contributed by atoms with Gasteiger partial charge in [-0.05, 0) is 71.1 Å². The summed E-state index contributed by atoms with van der Waals surface area (Å²) in [6.07, 6.45) is -0.928. The third-order valence-electron chi connectivity index (χ3n) is 4.75. The Hall–Kier alpha value is -2.38. The molecule has 3 rings (SSSR count). The van der Waals surface area contributed by atoms with Crippen LogP contribution in [-0.4, -0.2) is 29.2 Å². The molecular weight excluding hydrogens is 469 g/mol. The first-order valence-electron chi connectivity index (χ1n) is 10.0. The highest BCUT2D eigenvalue weighted by molar-refractivity contribution is 7.08. The second-order valence-electron chi connectivity index (χ2n) is 7.53. The molecule has 1 amide bonds. The molecule has 1 unspecified atom stereocenters. The van der Waals surface area contributed by atoms with Crippen molar-refractivity contribution in [2.24, 2.45) is 0 Å². The second kappa shape index (κ2) is 11.0. The predicted octanol–water partition coefficient (Wildman–Crippen LogP) is 6.07. The van der Waals surface area contributed by atoms with Crippen molar-refractivity contribution in [2.45, 2.75) is 39.0 Å². The minimum atomic E-state index is -1.01. The van der Waals surface area contributed by atoms with Crippen molar-refractivity contribution in [3.05, 3.63) is 80.0 Å². The predicted molar refractivity (Wildman–Crippen MR) is 129 cm³/mol. The van der Waals surface area contributed by atoms with Crippen molar-refractivity contribution in [2.75, 3.05) is 0 Å². The van der Waals surface area contributed by atoms with E-state index in [1.165, 1.54) is 6.07 Å². The smallest absolute Gasteiger partial charge is 0.333 e. The molecule has 0 aliphatic heterocycles. The molecule has 0 saturated heterocycles. The van der Waals surface area contributed by atoms with E-state index in [2.05, 4.69) is 5.32 Å². The molecule has 168 valence electrons. The molecule has 2 aromatic carbocycles. The zero-order chi connectivity index (χ0) is 23.3. The van der Waals surface area contributed by atoms with E-state index in [9.17, 15) is 14.7 Å². The summed E-state index contributed by atoms with van der Waals surface area (Å²) in [4.78, 5) is 24.3. The summed E-state index contributed by atoms with van der Waals surface area (Å²) in [5.74, 6) is -1.33. The first-order chi connectivity index (χ1) is 15.2. The summed E-state index contributed by atoms with van der Waals surface area (Å²) in [5, 5.41) is 17.1. The fourth-order valence-electron chi connectivity index (χ4n) is 3.30. The molecule has 1 heterocycles. The van der Waals surface area contributed by atoms with Crippen LogP contribution in [0, 0.1) is 0 Å². The van der Waals surface area contributed by atoms with Crippen LogP contribution in [0.25, 0.3) is 11.1 Å². The number of nitrogens with one attached hydrogen (secondary N) is 1. The van der Waals surface area contributed by atoms with E-state index in [0.717, 1.165) is 22.3 Å². The van der Waals surface area contributed by atoms with E-state index in [-0.39, 0.29) is 30.0 Å². The van der Waals surface area contributed by atoms with Gasteiger partial charge in [0.2, 0.25) is 0 Å². The van der Waals surface area contributed by atoms with Crippen LogP contribution >= 0.6 is 34.5 Å². The highest BCUT2D eigenvalue weighted by Gasteiger charge is 2.21. The largest absolute Gasteiger partial charge is 0.479 e. The number of thiophene rings is 1. The molecule has 0 spiro atoms. The molecule has 0 saturated carbocycles. The third kappa shape index (κ3) is 6.33. The van der Waals surface area contributed by atoms with Crippen molar-refractivity contribution in [3.63, 3.8) is 0 Å². The van der Waals surface area contributed by atoms with Crippen LogP contribution < -0.4 is 5.32 Å². The number of carbonyl (C=O) groups is 2. The minimum absolute atomic E-state index is 0.205.